The highest BCUT2D eigenvalue weighted by Gasteiger charge is 2.11. The van der Waals surface area contributed by atoms with Crippen molar-refractivity contribution >= 4 is 17.3 Å². The van der Waals surface area contributed by atoms with E-state index in [1.165, 1.54) is 24.3 Å². The van der Waals surface area contributed by atoms with Crippen LogP contribution in [0.25, 0.3) is 11.7 Å². The number of rotatable bonds is 6. The van der Waals surface area contributed by atoms with E-state index in [0.29, 0.717) is 5.56 Å². The average Bonchev–Trinajstić information content (AvgIpc) is 2.81. The Bertz CT molecular complexity index is 1140. The molecule has 0 aliphatic heterocycles. The van der Waals surface area contributed by atoms with Crippen LogP contribution >= 0.6 is 0 Å². The van der Waals surface area contributed by atoms with Gasteiger partial charge in [0.2, 0.25) is 0 Å². The first kappa shape index (κ1) is 23.1. The average molecular weight is 437 g/mol. The molecule has 0 bridgehead atoms. The van der Waals surface area contributed by atoms with Crippen molar-refractivity contribution in [1.29, 1.82) is 0 Å². The van der Waals surface area contributed by atoms with Crippen LogP contribution < -0.4 is 5.73 Å². The SMILES string of the molecule is CCCCCc1ccc(/C(F)=C(\F)c2ccc(C#Cc3cc(F)c(N)c(F)c3)cc2)cc1. The minimum absolute atomic E-state index is 0.0737. The highest BCUT2D eigenvalue weighted by Crippen LogP contribution is 2.29. The fourth-order valence-corrected chi connectivity index (χ4v) is 3.15. The molecule has 3 aromatic rings. The molecular formula is C27H23F4N. The first-order valence-electron chi connectivity index (χ1n) is 10.4. The molecule has 0 heterocycles. The Morgan fingerprint density at radius 1 is 0.750 bits per heavy atom. The molecule has 0 saturated carbocycles. The number of halogens is 4. The molecule has 5 heteroatoms. The van der Waals surface area contributed by atoms with Crippen LogP contribution in [0.2, 0.25) is 0 Å². The summed E-state index contributed by atoms with van der Waals surface area (Å²) in [6.45, 7) is 2.13. The lowest BCUT2D eigenvalue weighted by atomic mass is 10.0. The number of unbranched alkanes of at least 4 members (excludes halogenated alkanes) is 2. The summed E-state index contributed by atoms with van der Waals surface area (Å²) in [5.41, 5.74) is 6.62. The lowest BCUT2D eigenvalue weighted by molar-refractivity contribution is 0.591. The Labute approximate surface area is 185 Å². The molecule has 3 aromatic carbocycles. The van der Waals surface area contributed by atoms with Gasteiger partial charge in [-0.2, -0.15) is 0 Å². The molecule has 0 radical (unpaired) electrons. The predicted molar refractivity (Wildman–Crippen MR) is 122 cm³/mol. The number of benzene rings is 3. The van der Waals surface area contributed by atoms with Crippen LogP contribution in [0, 0.1) is 23.5 Å². The lowest BCUT2D eigenvalue weighted by Crippen LogP contribution is -1.96. The smallest absolute Gasteiger partial charge is 0.166 e. The number of nitrogen functional groups attached to an aromatic ring is 1. The molecule has 0 amide bonds. The molecule has 164 valence electrons. The summed E-state index contributed by atoms with van der Waals surface area (Å²) in [5.74, 6) is 1.68. The Kier molecular flexibility index (Phi) is 7.72. The third kappa shape index (κ3) is 5.79. The van der Waals surface area contributed by atoms with E-state index >= 15 is 0 Å². The zero-order valence-electron chi connectivity index (χ0n) is 17.7. The Balaban J connectivity index is 1.74. The van der Waals surface area contributed by atoms with Crippen molar-refractivity contribution in [1.82, 2.24) is 0 Å². The van der Waals surface area contributed by atoms with E-state index in [1.54, 1.807) is 12.1 Å². The van der Waals surface area contributed by atoms with Gasteiger partial charge < -0.3 is 5.73 Å². The number of aryl methyl sites for hydroxylation is 1. The molecule has 1 nitrogen and oxygen atoms in total. The number of hydrogen-bond donors (Lipinski definition) is 1. The van der Waals surface area contributed by atoms with E-state index in [-0.39, 0.29) is 16.7 Å². The normalized spacial score (nSPS) is 11.5. The van der Waals surface area contributed by atoms with Crippen molar-refractivity contribution in [2.24, 2.45) is 0 Å². The van der Waals surface area contributed by atoms with E-state index in [4.69, 9.17) is 5.73 Å². The topological polar surface area (TPSA) is 26.0 Å². The van der Waals surface area contributed by atoms with Crippen molar-refractivity contribution in [2.45, 2.75) is 32.6 Å². The van der Waals surface area contributed by atoms with E-state index in [9.17, 15) is 17.6 Å². The summed E-state index contributed by atoms with van der Waals surface area (Å²) in [6.07, 6.45) is 4.25. The van der Waals surface area contributed by atoms with Crippen LogP contribution in [0.5, 0.6) is 0 Å². The third-order valence-electron chi connectivity index (χ3n) is 5.04. The first-order chi connectivity index (χ1) is 15.4. The van der Waals surface area contributed by atoms with Gasteiger partial charge in [-0.05, 0) is 42.7 Å². The Morgan fingerprint density at radius 2 is 1.25 bits per heavy atom. The summed E-state index contributed by atoms with van der Waals surface area (Å²) in [7, 11) is 0. The van der Waals surface area contributed by atoms with Gasteiger partial charge in [0, 0.05) is 22.3 Å². The van der Waals surface area contributed by atoms with E-state index in [1.807, 2.05) is 12.1 Å². The van der Waals surface area contributed by atoms with Gasteiger partial charge in [0.1, 0.15) is 17.3 Å². The summed E-state index contributed by atoms with van der Waals surface area (Å²) in [5, 5.41) is 0. The molecule has 0 aliphatic rings. The standard InChI is InChI=1S/C27H23F4N/c1-2-3-4-5-18-8-12-21(13-9-18)25(30)26(31)22-14-10-19(11-15-22)6-7-20-16-23(28)27(32)24(29)17-20/h8-17H,2-5,32H2,1H3/b26-25+. The minimum atomic E-state index is -0.967. The van der Waals surface area contributed by atoms with Crippen LogP contribution in [-0.2, 0) is 6.42 Å². The number of anilines is 1. The molecule has 0 fully saturated rings. The van der Waals surface area contributed by atoms with Crippen LogP contribution in [0.15, 0.2) is 60.7 Å². The third-order valence-corrected chi connectivity index (χ3v) is 5.04. The van der Waals surface area contributed by atoms with Gasteiger partial charge in [-0.1, -0.05) is 68.0 Å². The fraction of sp³-hybridized carbons (Fsp3) is 0.185. The second-order valence-electron chi connectivity index (χ2n) is 7.46. The highest BCUT2D eigenvalue weighted by molar-refractivity contribution is 5.83. The highest BCUT2D eigenvalue weighted by atomic mass is 19.2. The molecule has 0 spiro atoms. The predicted octanol–water partition coefficient (Wildman–Crippen LogP) is 7.44. The Morgan fingerprint density at radius 3 is 1.78 bits per heavy atom. The van der Waals surface area contributed by atoms with Crippen LogP contribution in [0.4, 0.5) is 23.2 Å². The van der Waals surface area contributed by atoms with Crippen molar-refractivity contribution in [3.63, 3.8) is 0 Å². The van der Waals surface area contributed by atoms with Gasteiger partial charge in [0.15, 0.2) is 11.7 Å². The second-order valence-corrected chi connectivity index (χ2v) is 7.46. The maximum absolute atomic E-state index is 14.6. The van der Waals surface area contributed by atoms with Crippen LogP contribution in [-0.4, -0.2) is 0 Å². The molecular weight excluding hydrogens is 414 g/mol. The maximum Gasteiger partial charge on any atom is 0.166 e. The zero-order chi connectivity index (χ0) is 23.1. The van der Waals surface area contributed by atoms with Gasteiger partial charge in [-0.3, -0.25) is 0 Å². The van der Waals surface area contributed by atoms with E-state index in [0.717, 1.165) is 43.4 Å². The summed E-state index contributed by atoms with van der Waals surface area (Å²) < 4.78 is 56.3. The molecule has 0 aliphatic carbocycles. The maximum atomic E-state index is 14.6. The summed E-state index contributed by atoms with van der Waals surface area (Å²) in [6, 6.07) is 14.7. The number of nitrogens with two attached hydrogens (primary N) is 1. The summed E-state index contributed by atoms with van der Waals surface area (Å²) >= 11 is 0. The molecule has 2 N–H and O–H groups in total. The largest absolute Gasteiger partial charge is 0.394 e. The molecule has 0 saturated heterocycles. The molecule has 0 aromatic heterocycles. The van der Waals surface area contributed by atoms with E-state index in [2.05, 4.69) is 18.8 Å². The van der Waals surface area contributed by atoms with Crippen LogP contribution in [0.3, 0.4) is 0 Å². The molecule has 0 unspecified atom stereocenters. The monoisotopic (exact) mass is 437 g/mol. The van der Waals surface area contributed by atoms with Crippen molar-refractivity contribution in [3.8, 4) is 11.8 Å². The zero-order valence-corrected chi connectivity index (χ0v) is 17.7. The first-order valence-corrected chi connectivity index (χ1v) is 10.4. The van der Waals surface area contributed by atoms with Crippen molar-refractivity contribution in [3.05, 3.63) is 100 Å². The van der Waals surface area contributed by atoms with Gasteiger partial charge in [0.25, 0.3) is 0 Å². The lowest BCUT2D eigenvalue weighted by Gasteiger charge is -2.05. The Hall–Kier alpha value is -3.52. The van der Waals surface area contributed by atoms with Gasteiger partial charge in [0.05, 0.1) is 0 Å². The van der Waals surface area contributed by atoms with Gasteiger partial charge in [-0.15, -0.1) is 0 Å². The fourth-order valence-electron chi connectivity index (χ4n) is 3.15. The number of hydrogen-bond acceptors (Lipinski definition) is 1. The van der Waals surface area contributed by atoms with Crippen LogP contribution in [0.1, 0.15) is 54.0 Å². The summed E-state index contributed by atoms with van der Waals surface area (Å²) in [4.78, 5) is 0. The molecule has 32 heavy (non-hydrogen) atoms. The van der Waals surface area contributed by atoms with Crippen molar-refractivity contribution < 1.29 is 17.6 Å². The van der Waals surface area contributed by atoms with E-state index < -0.39 is 29.0 Å². The van der Waals surface area contributed by atoms with Gasteiger partial charge >= 0.3 is 0 Å². The van der Waals surface area contributed by atoms with Gasteiger partial charge in [-0.25, -0.2) is 17.6 Å². The minimum Gasteiger partial charge on any atom is -0.394 e. The second kappa shape index (κ2) is 10.7. The molecule has 0 atom stereocenters. The molecule has 3 rings (SSSR count). The quantitative estimate of drug-likeness (QED) is 0.140. The van der Waals surface area contributed by atoms with Crippen molar-refractivity contribution in [2.75, 3.05) is 5.73 Å².